The molecule has 0 aromatic heterocycles. The molecule has 0 spiro atoms. The SMILES string of the molecule is O=C(CNc1ccc(Cl)cc1)N1CCCC2CCCCC21. The van der Waals surface area contributed by atoms with Crippen LogP contribution in [0.1, 0.15) is 38.5 Å². The van der Waals surface area contributed by atoms with Gasteiger partial charge in [-0.2, -0.15) is 0 Å². The van der Waals surface area contributed by atoms with Crippen LogP contribution < -0.4 is 5.32 Å². The van der Waals surface area contributed by atoms with Crippen LogP contribution in [0.25, 0.3) is 0 Å². The van der Waals surface area contributed by atoms with Gasteiger partial charge in [0, 0.05) is 23.3 Å². The summed E-state index contributed by atoms with van der Waals surface area (Å²) < 4.78 is 0. The molecule has 2 aliphatic rings. The molecule has 1 aromatic carbocycles. The number of anilines is 1. The number of fused-ring (bicyclic) bond motifs is 1. The second kappa shape index (κ2) is 6.69. The van der Waals surface area contributed by atoms with E-state index in [0.29, 0.717) is 17.6 Å². The van der Waals surface area contributed by atoms with E-state index >= 15 is 0 Å². The molecular weight excluding hydrogens is 284 g/mol. The van der Waals surface area contributed by atoms with Gasteiger partial charge in [0.1, 0.15) is 0 Å². The molecule has 0 bridgehead atoms. The van der Waals surface area contributed by atoms with Gasteiger partial charge in [-0.25, -0.2) is 0 Å². The normalized spacial score (nSPS) is 25.3. The predicted octanol–water partition coefficient (Wildman–Crippen LogP) is 3.93. The van der Waals surface area contributed by atoms with Crippen molar-refractivity contribution in [2.75, 3.05) is 18.4 Å². The fourth-order valence-corrected chi connectivity index (χ4v) is 3.91. The Morgan fingerprint density at radius 1 is 1.14 bits per heavy atom. The Balaban J connectivity index is 1.57. The average molecular weight is 307 g/mol. The molecule has 1 aromatic rings. The summed E-state index contributed by atoms with van der Waals surface area (Å²) >= 11 is 5.87. The van der Waals surface area contributed by atoms with Gasteiger partial charge in [-0.05, 0) is 55.9 Å². The number of carbonyl (C=O) groups excluding carboxylic acids is 1. The minimum atomic E-state index is 0.238. The standard InChI is InChI=1S/C17H23ClN2O/c18-14-7-9-15(10-8-14)19-12-17(21)20-11-3-5-13-4-1-2-6-16(13)20/h7-10,13,16,19H,1-6,11-12H2. The van der Waals surface area contributed by atoms with Crippen molar-refractivity contribution in [3.05, 3.63) is 29.3 Å². The third kappa shape index (κ3) is 3.52. The lowest BCUT2D eigenvalue weighted by molar-refractivity contribution is -0.135. The summed E-state index contributed by atoms with van der Waals surface area (Å²) in [5, 5.41) is 3.93. The lowest BCUT2D eigenvalue weighted by Gasteiger charge is -2.44. The summed E-state index contributed by atoms with van der Waals surface area (Å²) in [5.74, 6) is 0.980. The van der Waals surface area contributed by atoms with Gasteiger partial charge < -0.3 is 10.2 Å². The highest BCUT2D eigenvalue weighted by Crippen LogP contribution is 2.35. The number of amides is 1. The number of likely N-dealkylation sites (tertiary alicyclic amines) is 1. The van der Waals surface area contributed by atoms with Gasteiger partial charge in [-0.15, -0.1) is 0 Å². The van der Waals surface area contributed by atoms with Crippen molar-refractivity contribution >= 4 is 23.2 Å². The molecule has 1 aliphatic carbocycles. The maximum absolute atomic E-state index is 12.5. The van der Waals surface area contributed by atoms with Crippen LogP contribution in [0.4, 0.5) is 5.69 Å². The molecule has 1 N–H and O–H groups in total. The Morgan fingerprint density at radius 2 is 1.86 bits per heavy atom. The van der Waals surface area contributed by atoms with E-state index in [1.54, 1.807) is 0 Å². The van der Waals surface area contributed by atoms with E-state index in [4.69, 9.17) is 11.6 Å². The zero-order valence-corrected chi connectivity index (χ0v) is 13.1. The van der Waals surface area contributed by atoms with Crippen LogP contribution in [0, 0.1) is 5.92 Å². The largest absolute Gasteiger partial charge is 0.376 e. The molecule has 21 heavy (non-hydrogen) atoms. The number of piperidine rings is 1. The third-order valence-electron chi connectivity index (χ3n) is 4.85. The van der Waals surface area contributed by atoms with Crippen LogP contribution in [-0.4, -0.2) is 29.9 Å². The highest BCUT2D eigenvalue weighted by molar-refractivity contribution is 6.30. The van der Waals surface area contributed by atoms with E-state index in [0.717, 1.165) is 24.6 Å². The molecule has 1 saturated carbocycles. The third-order valence-corrected chi connectivity index (χ3v) is 5.10. The lowest BCUT2D eigenvalue weighted by atomic mass is 9.78. The first-order valence-electron chi connectivity index (χ1n) is 8.03. The zero-order valence-electron chi connectivity index (χ0n) is 12.4. The summed E-state index contributed by atoms with van der Waals surface area (Å²) in [5.41, 5.74) is 0.949. The highest BCUT2D eigenvalue weighted by Gasteiger charge is 2.35. The molecule has 3 nitrogen and oxygen atoms in total. The van der Waals surface area contributed by atoms with E-state index in [-0.39, 0.29) is 5.91 Å². The molecule has 1 saturated heterocycles. The number of hydrogen-bond acceptors (Lipinski definition) is 2. The molecule has 4 heteroatoms. The first-order valence-corrected chi connectivity index (χ1v) is 8.41. The number of nitrogens with one attached hydrogen (secondary N) is 1. The molecule has 2 unspecified atom stereocenters. The minimum absolute atomic E-state index is 0.238. The fraction of sp³-hybridized carbons (Fsp3) is 0.588. The Hall–Kier alpha value is -1.22. The zero-order chi connectivity index (χ0) is 14.7. The van der Waals surface area contributed by atoms with Crippen LogP contribution in [0.5, 0.6) is 0 Å². The van der Waals surface area contributed by atoms with Crippen molar-refractivity contribution in [2.45, 2.75) is 44.6 Å². The Bertz CT molecular complexity index is 486. The molecule has 1 amide bonds. The minimum Gasteiger partial charge on any atom is -0.376 e. The van der Waals surface area contributed by atoms with Gasteiger partial charge in [0.25, 0.3) is 0 Å². The average Bonchev–Trinajstić information content (AvgIpc) is 2.53. The summed E-state index contributed by atoms with van der Waals surface area (Å²) in [7, 11) is 0. The van der Waals surface area contributed by atoms with Crippen molar-refractivity contribution in [1.29, 1.82) is 0 Å². The molecule has 1 aliphatic heterocycles. The van der Waals surface area contributed by atoms with Gasteiger partial charge in [-0.1, -0.05) is 24.4 Å². The number of hydrogen-bond donors (Lipinski definition) is 1. The predicted molar refractivity (Wildman–Crippen MR) is 86.6 cm³/mol. The topological polar surface area (TPSA) is 32.3 Å². The van der Waals surface area contributed by atoms with Crippen molar-refractivity contribution in [3.8, 4) is 0 Å². The highest BCUT2D eigenvalue weighted by atomic mass is 35.5. The summed E-state index contributed by atoms with van der Waals surface area (Å²) in [4.78, 5) is 14.7. The molecule has 2 fully saturated rings. The van der Waals surface area contributed by atoms with Crippen LogP contribution in [0.2, 0.25) is 5.02 Å². The van der Waals surface area contributed by atoms with Crippen LogP contribution in [0.3, 0.4) is 0 Å². The van der Waals surface area contributed by atoms with Gasteiger partial charge >= 0.3 is 0 Å². The quantitative estimate of drug-likeness (QED) is 0.917. The lowest BCUT2D eigenvalue weighted by Crippen LogP contribution is -2.51. The Morgan fingerprint density at radius 3 is 2.67 bits per heavy atom. The van der Waals surface area contributed by atoms with Crippen LogP contribution in [0.15, 0.2) is 24.3 Å². The summed E-state index contributed by atoms with van der Waals surface area (Å²) in [6, 6.07) is 8.00. The molecule has 1 heterocycles. The van der Waals surface area contributed by atoms with E-state index in [2.05, 4.69) is 10.2 Å². The smallest absolute Gasteiger partial charge is 0.242 e. The van der Waals surface area contributed by atoms with Crippen molar-refractivity contribution < 1.29 is 4.79 Å². The summed E-state index contributed by atoms with van der Waals surface area (Å²) in [6.45, 7) is 1.31. The van der Waals surface area contributed by atoms with E-state index < -0.39 is 0 Å². The number of nitrogens with zero attached hydrogens (tertiary/aromatic N) is 1. The van der Waals surface area contributed by atoms with Gasteiger partial charge in [-0.3, -0.25) is 4.79 Å². The number of halogens is 1. The summed E-state index contributed by atoms with van der Waals surface area (Å²) in [6.07, 6.45) is 7.57. The van der Waals surface area contributed by atoms with E-state index in [9.17, 15) is 4.79 Å². The van der Waals surface area contributed by atoms with E-state index in [1.165, 1.54) is 32.1 Å². The number of carbonyl (C=O) groups is 1. The molecule has 114 valence electrons. The van der Waals surface area contributed by atoms with Crippen molar-refractivity contribution in [1.82, 2.24) is 4.90 Å². The maximum atomic E-state index is 12.5. The number of benzene rings is 1. The Labute approximate surface area is 131 Å². The molecule has 3 rings (SSSR count). The maximum Gasteiger partial charge on any atom is 0.242 e. The van der Waals surface area contributed by atoms with Gasteiger partial charge in [0.15, 0.2) is 0 Å². The molecule has 2 atom stereocenters. The second-order valence-corrected chi connectivity index (χ2v) is 6.64. The van der Waals surface area contributed by atoms with Gasteiger partial charge in [0.2, 0.25) is 5.91 Å². The molecular formula is C17H23ClN2O. The van der Waals surface area contributed by atoms with E-state index in [1.807, 2.05) is 24.3 Å². The number of rotatable bonds is 3. The Kier molecular flexibility index (Phi) is 4.69. The van der Waals surface area contributed by atoms with Crippen molar-refractivity contribution in [3.63, 3.8) is 0 Å². The monoisotopic (exact) mass is 306 g/mol. The van der Waals surface area contributed by atoms with Crippen molar-refractivity contribution in [2.24, 2.45) is 5.92 Å². The van der Waals surface area contributed by atoms with Crippen LogP contribution in [-0.2, 0) is 4.79 Å². The first-order chi connectivity index (χ1) is 10.2. The fourth-order valence-electron chi connectivity index (χ4n) is 3.78. The second-order valence-electron chi connectivity index (χ2n) is 6.20. The van der Waals surface area contributed by atoms with Gasteiger partial charge in [0.05, 0.1) is 6.54 Å². The molecule has 0 radical (unpaired) electrons. The first kappa shape index (κ1) is 14.7. The van der Waals surface area contributed by atoms with Crippen LogP contribution >= 0.6 is 11.6 Å².